The van der Waals surface area contributed by atoms with Gasteiger partial charge in [-0.2, -0.15) is 12.7 Å². The minimum absolute atomic E-state index is 0.0432. The Bertz CT molecular complexity index is 543. The third-order valence-corrected chi connectivity index (χ3v) is 5.40. The molecule has 0 aliphatic carbocycles. The minimum Gasteiger partial charge on any atom is -0.315 e. The van der Waals surface area contributed by atoms with Crippen LogP contribution in [0.3, 0.4) is 0 Å². The molecule has 21 heavy (non-hydrogen) atoms. The lowest BCUT2D eigenvalue weighted by Crippen LogP contribution is -2.50. The molecule has 1 atom stereocenters. The van der Waals surface area contributed by atoms with Gasteiger partial charge in [0.05, 0.1) is 0 Å². The van der Waals surface area contributed by atoms with Crippen LogP contribution in [-0.2, 0) is 10.2 Å². The van der Waals surface area contributed by atoms with Gasteiger partial charge in [-0.15, -0.1) is 0 Å². The zero-order chi connectivity index (χ0) is 15.3. The van der Waals surface area contributed by atoms with Crippen molar-refractivity contribution in [1.29, 1.82) is 0 Å². The fourth-order valence-corrected chi connectivity index (χ4v) is 4.13. The van der Waals surface area contributed by atoms with Crippen LogP contribution in [0.4, 0.5) is 5.69 Å². The predicted octanol–water partition coefficient (Wildman–Crippen LogP) is 2.12. The first kappa shape index (κ1) is 16.3. The molecule has 1 heterocycles. The van der Waals surface area contributed by atoms with Crippen LogP contribution in [0.1, 0.15) is 31.7 Å². The molecule has 0 aromatic heterocycles. The van der Waals surface area contributed by atoms with E-state index in [-0.39, 0.29) is 6.04 Å². The molecular weight excluding hydrogens is 286 g/mol. The number of likely N-dealkylation sites (N-methyl/N-ethyl adjacent to an activating group) is 1. The number of benzene rings is 1. The molecule has 2 N–H and O–H groups in total. The van der Waals surface area contributed by atoms with Crippen LogP contribution in [0.15, 0.2) is 24.3 Å². The highest BCUT2D eigenvalue weighted by Crippen LogP contribution is 2.22. The van der Waals surface area contributed by atoms with Crippen LogP contribution >= 0.6 is 0 Å². The summed E-state index contributed by atoms with van der Waals surface area (Å²) in [6.45, 7) is 6.18. The van der Waals surface area contributed by atoms with Gasteiger partial charge in [-0.3, -0.25) is 4.72 Å². The van der Waals surface area contributed by atoms with Gasteiger partial charge in [0.1, 0.15) is 0 Å². The second kappa shape index (κ2) is 7.24. The lowest BCUT2D eigenvalue weighted by atomic mass is 10.1. The Kier molecular flexibility index (Phi) is 5.61. The van der Waals surface area contributed by atoms with E-state index < -0.39 is 10.2 Å². The van der Waals surface area contributed by atoms with Gasteiger partial charge in [0.15, 0.2) is 0 Å². The van der Waals surface area contributed by atoms with E-state index in [9.17, 15) is 8.42 Å². The number of hydrogen-bond acceptors (Lipinski definition) is 3. The van der Waals surface area contributed by atoms with Crippen molar-refractivity contribution < 1.29 is 8.42 Å². The van der Waals surface area contributed by atoms with E-state index in [1.54, 1.807) is 16.4 Å². The zero-order valence-corrected chi connectivity index (χ0v) is 13.6. The summed E-state index contributed by atoms with van der Waals surface area (Å²) in [5.74, 6) is 0. The van der Waals surface area contributed by atoms with Crippen molar-refractivity contribution in [2.75, 3.05) is 24.4 Å². The Morgan fingerprint density at radius 2 is 1.95 bits per heavy atom. The summed E-state index contributed by atoms with van der Waals surface area (Å²) in [4.78, 5) is 0. The average Bonchev–Trinajstić information content (AvgIpc) is 2.47. The Hall–Kier alpha value is -1.11. The predicted molar refractivity (Wildman–Crippen MR) is 86.6 cm³/mol. The van der Waals surface area contributed by atoms with Gasteiger partial charge in [-0.25, -0.2) is 0 Å². The molecule has 118 valence electrons. The van der Waals surface area contributed by atoms with Gasteiger partial charge < -0.3 is 5.32 Å². The van der Waals surface area contributed by atoms with E-state index in [0.29, 0.717) is 18.8 Å². The quantitative estimate of drug-likeness (QED) is 0.846. The number of nitrogens with zero attached hydrogens (tertiary/aromatic N) is 1. The fourth-order valence-electron chi connectivity index (χ4n) is 2.63. The van der Waals surface area contributed by atoms with Crippen molar-refractivity contribution >= 4 is 15.9 Å². The second-order valence-electron chi connectivity index (χ2n) is 5.54. The van der Waals surface area contributed by atoms with Gasteiger partial charge in [0, 0.05) is 24.8 Å². The molecule has 0 radical (unpaired) electrons. The van der Waals surface area contributed by atoms with Crippen LogP contribution in [0, 0.1) is 6.92 Å². The maximum absolute atomic E-state index is 12.6. The van der Waals surface area contributed by atoms with E-state index in [1.807, 2.05) is 26.0 Å². The van der Waals surface area contributed by atoms with Crippen molar-refractivity contribution in [3.8, 4) is 0 Å². The van der Waals surface area contributed by atoms with E-state index in [0.717, 1.165) is 31.4 Å². The summed E-state index contributed by atoms with van der Waals surface area (Å²) in [6, 6.07) is 7.46. The van der Waals surface area contributed by atoms with Crippen molar-refractivity contribution in [3.63, 3.8) is 0 Å². The van der Waals surface area contributed by atoms with Crippen molar-refractivity contribution in [1.82, 2.24) is 9.62 Å². The molecule has 1 unspecified atom stereocenters. The molecule has 1 aromatic carbocycles. The number of rotatable bonds is 6. The summed E-state index contributed by atoms with van der Waals surface area (Å²) in [5, 5.41) is 3.26. The summed E-state index contributed by atoms with van der Waals surface area (Å²) in [7, 11) is -3.49. The number of hydrogen-bond donors (Lipinski definition) is 2. The maximum atomic E-state index is 12.6. The van der Waals surface area contributed by atoms with Gasteiger partial charge in [0.25, 0.3) is 0 Å². The molecule has 0 spiro atoms. The number of aryl methyl sites for hydroxylation is 1. The topological polar surface area (TPSA) is 61.4 Å². The zero-order valence-electron chi connectivity index (χ0n) is 12.8. The Morgan fingerprint density at radius 3 is 2.62 bits per heavy atom. The van der Waals surface area contributed by atoms with Crippen LogP contribution in [0.5, 0.6) is 0 Å². The molecule has 0 bridgehead atoms. The van der Waals surface area contributed by atoms with Crippen LogP contribution in [0.2, 0.25) is 0 Å². The standard InChI is InChI=1S/C15H25N3O2S/c1-3-16-12-15-6-4-5-11-18(15)21(19,20)17-14-9-7-13(2)8-10-14/h7-10,15-17H,3-6,11-12H2,1-2H3. The largest absolute Gasteiger partial charge is 0.315 e. The third-order valence-electron chi connectivity index (χ3n) is 3.81. The average molecular weight is 311 g/mol. The molecule has 5 nitrogen and oxygen atoms in total. The highest BCUT2D eigenvalue weighted by molar-refractivity contribution is 7.90. The van der Waals surface area contributed by atoms with E-state index in [4.69, 9.17) is 0 Å². The number of nitrogens with one attached hydrogen (secondary N) is 2. The molecule has 6 heteroatoms. The minimum atomic E-state index is -3.49. The first-order valence-electron chi connectivity index (χ1n) is 7.60. The molecule has 2 rings (SSSR count). The summed E-state index contributed by atoms with van der Waals surface area (Å²) >= 11 is 0. The molecular formula is C15H25N3O2S. The summed E-state index contributed by atoms with van der Waals surface area (Å²) in [5.41, 5.74) is 1.73. The summed E-state index contributed by atoms with van der Waals surface area (Å²) in [6.07, 6.45) is 2.94. The fraction of sp³-hybridized carbons (Fsp3) is 0.600. The van der Waals surface area contributed by atoms with Crippen molar-refractivity contribution in [2.24, 2.45) is 0 Å². The first-order valence-corrected chi connectivity index (χ1v) is 9.04. The molecule has 0 amide bonds. The van der Waals surface area contributed by atoms with Crippen LogP contribution in [0.25, 0.3) is 0 Å². The Labute approximate surface area is 127 Å². The molecule has 1 aromatic rings. The highest BCUT2D eigenvalue weighted by atomic mass is 32.2. The monoisotopic (exact) mass is 311 g/mol. The molecule has 1 saturated heterocycles. The van der Waals surface area contributed by atoms with Gasteiger partial charge in [-0.05, 0) is 38.4 Å². The normalized spacial score (nSPS) is 20.4. The van der Waals surface area contributed by atoms with Crippen LogP contribution < -0.4 is 10.0 Å². The first-order chi connectivity index (χ1) is 10.0. The molecule has 0 saturated carbocycles. The van der Waals surface area contributed by atoms with Gasteiger partial charge >= 0.3 is 10.2 Å². The van der Waals surface area contributed by atoms with E-state index in [2.05, 4.69) is 10.0 Å². The van der Waals surface area contributed by atoms with Crippen molar-refractivity contribution in [2.45, 2.75) is 39.2 Å². The summed E-state index contributed by atoms with van der Waals surface area (Å²) < 4.78 is 29.5. The van der Waals surface area contributed by atoms with Gasteiger partial charge in [-0.1, -0.05) is 31.0 Å². The third kappa shape index (κ3) is 4.43. The lowest BCUT2D eigenvalue weighted by Gasteiger charge is -2.34. The number of anilines is 1. The number of piperidine rings is 1. The van der Waals surface area contributed by atoms with E-state index >= 15 is 0 Å². The highest BCUT2D eigenvalue weighted by Gasteiger charge is 2.31. The molecule has 1 aliphatic heterocycles. The smallest absolute Gasteiger partial charge is 0.301 e. The van der Waals surface area contributed by atoms with Crippen LogP contribution in [-0.4, -0.2) is 38.4 Å². The Balaban J connectivity index is 2.10. The second-order valence-corrected chi connectivity index (χ2v) is 7.16. The maximum Gasteiger partial charge on any atom is 0.301 e. The SMILES string of the molecule is CCNCC1CCCCN1S(=O)(=O)Nc1ccc(C)cc1. The van der Waals surface area contributed by atoms with Crippen molar-refractivity contribution in [3.05, 3.63) is 29.8 Å². The lowest BCUT2D eigenvalue weighted by molar-refractivity contribution is 0.248. The molecule has 1 aliphatic rings. The van der Waals surface area contributed by atoms with Gasteiger partial charge in [0.2, 0.25) is 0 Å². The van der Waals surface area contributed by atoms with E-state index in [1.165, 1.54) is 0 Å². The Morgan fingerprint density at radius 1 is 1.24 bits per heavy atom. The molecule has 1 fully saturated rings.